The zero-order valence-corrected chi connectivity index (χ0v) is 20.2. The molecule has 34 heavy (non-hydrogen) atoms. The van der Waals surface area contributed by atoms with Gasteiger partial charge in [0.25, 0.3) is 0 Å². The molecule has 184 valence electrons. The highest BCUT2D eigenvalue weighted by Crippen LogP contribution is 2.52. The molecule has 2 heterocycles. The van der Waals surface area contributed by atoms with Crippen molar-refractivity contribution in [1.82, 2.24) is 0 Å². The third-order valence-electron chi connectivity index (χ3n) is 7.06. The van der Waals surface area contributed by atoms with Crippen LogP contribution in [0.25, 0.3) is 0 Å². The van der Waals surface area contributed by atoms with Crippen molar-refractivity contribution in [2.45, 2.75) is 43.0 Å². The molecule has 2 aromatic carbocycles. The molecule has 1 saturated heterocycles. The Morgan fingerprint density at radius 1 is 1.21 bits per heavy atom. The second kappa shape index (κ2) is 9.43. The van der Waals surface area contributed by atoms with Crippen LogP contribution in [0.15, 0.2) is 36.4 Å². The summed E-state index contributed by atoms with van der Waals surface area (Å²) in [5.74, 6) is -3.03. The molecular formula is C24H26ClF2NO5S. The lowest BCUT2D eigenvalue weighted by molar-refractivity contribution is -0.117. The number of halogens is 3. The average Bonchev–Trinajstić information content (AvgIpc) is 2.80. The largest absolute Gasteiger partial charge is 0.490 e. The summed E-state index contributed by atoms with van der Waals surface area (Å²) < 4.78 is 66.7. The van der Waals surface area contributed by atoms with Crippen molar-refractivity contribution in [2.24, 2.45) is 11.7 Å². The van der Waals surface area contributed by atoms with Crippen LogP contribution in [0.4, 0.5) is 8.78 Å². The van der Waals surface area contributed by atoms with Crippen LogP contribution in [0.5, 0.6) is 5.75 Å². The van der Waals surface area contributed by atoms with Crippen molar-refractivity contribution >= 4 is 27.3 Å². The van der Waals surface area contributed by atoms with Gasteiger partial charge in [-0.25, -0.2) is 17.2 Å². The zero-order chi connectivity index (χ0) is 24.7. The maximum atomic E-state index is 15.3. The van der Waals surface area contributed by atoms with Gasteiger partial charge in [0, 0.05) is 28.5 Å². The lowest BCUT2D eigenvalue weighted by Crippen LogP contribution is -2.55. The Labute approximate surface area is 202 Å². The minimum Gasteiger partial charge on any atom is -0.490 e. The standard InChI is InChI=1S/C24H26ClF2NO5S/c1-14(23(28)29)34(30,31)11-8-20-17-13-33-22-19(27)7-6-18(26)21(22)24(17,9-10-32-20)12-15-2-4-16(25)5-3-15/h2-7,14,17,20H,8-13H2,1H3,(H2,28,29)/t14?,17-,20-,24-/m0/s1. The number of rotatable bonds is 7. The SMILES string of the molecule is CC(C(N)=O)S(=O)(=O)CC[C@@H]1OCC[C@@]2(Cc3ccc(Cl)cc3)c3c(F)ccc(F)c3OC[C@@H]12. The number of sulfone groups is 1. The monoisotopic (exact) mass is 513 g/mol. The predicted molar refractivity (Wildman–Crippen MR) is 124 cm³/mol. The van der Waals surface area contributed by atoms with Crippen molar-refractivity contribution in [1.29, 1.82) is 0 Å². The van der Waals surface area contributed by atoms with Gasteiger partial charge in [0.15, 0.2) is 21.4 Å². The highest BCUT2D eigenvalue weighted by molar-refractivity contribution is 7.92. The Hall–Kier alpha value is -2.23. The van der Waals surface area contributed by atoms with Gasteiger partial charge in [-0.2, -0.15) is 0 Å². The van der Waals surface area contributed by atoms with E-state index in [1.54, 1.807) is 12.1 Å². The van der Waals surface area contributed by atoms with E-state index in [0.717, 1.165) is 17.7 Å². The van der Waals surface area contributed by atoms with Gasteiger partial charge in [-0.05, 0) is 56.0 Å². The highest BCUT2D eigenvalue weighted by Gasteiger charge is 2.53. The first-order chi connectivity index (χ1) is 16.0. The lowest BCUT2D eigenvalue weighted by atomic mass is 9.60. The molecule has 2 aromatic rings. The second-order valence-corrected chi connectivity index (χ2v) is 11.8. The molecule has 0 saturated carbocycles. The van der Waals surface area contributed by atoms with Crippen LogP contribution >= 0.6 is 11.6 Å². The number of primary amides is 1. The van der Waals surface area contributed by atoms with Crippen LogP contribution in [-0.4, -0.2) is 44.6 Å². The molecule has 10 heteroatoms. The van der Waals surface area contributed by atoms with Gasteiger partial charge in [0.2, 0.25) is 5.91 Å². The summed E-state index contributed by atoms with van der Waals surface area (Å²) in [5.41, 5.74) is 5.33. The molecule has 2 aliphatic heterocycles. The van der Waals surface area contributed by atoms with Crippen molar-refractivity contribution in [3.8, 4) is 5.75 Å². The van der Waals surface area contributed by atoms with Gasteiger partial charge in [-0.15, -0.1) is 0 Å². The van der Waals surface area contributed by atoms with E-state index in [1.165, 1.54) is 6.92 Å². The second-order valence-electron chi connectivity index (χ2n) is 8.97. The Balaban J connectivity index is 1.73. The lowest BCUT2D eigenvalue weighted by Gasteiger charge is -2.51. The Bertz CT molecular complexity index is 1190. The Morgan fingerprint density at radius 2 is 1.88 bits per heavy atom. The minimum absolute atomic E-state index is 0.0387. The fourth-order valence-corrected chi connectivity index (χ4v) is 6.53. The minimum atomic E-state index is -3.80. The number of hydrogen-bond donors (Lipinski definition) is 1. The van der Waals surface area contributed by atoms with E-state index in [4.69, 9.17) is 26.8 Å². The van der Waals surface area contributed by atoms with E-state index in [9.17, 15) is 17.6 Å². The molecule has 1 amide bonds. The fourth-order valence-electron chi connectivity index (χ4n) is 5.13. The van der Waals surface area contributed by atoms with Crippen LogP contribution < -0.4 is 10.5 Å². The van der Waals surface area contributed by atoms with E-state index < -0.39 is 50.1 Å². The third-order valence-corrected chi connectivity index (χ3v) is 9.43. The predicted octanol–water partition coefficient (Wildman–Crippen LogP) is 3.57. The number of nitrogens with two attached hydrogens (primary N) is 1. The fraction of sp³-hybridized carbons (Fsp3) is 0.458. The normalized spacial score (nSPS) is 25.1. The van der Waals surface area contributed by atoms with E-state index in [0.29, 0.717) is 17.9 Å². The average molecular weight is 514 g/mol. The number of hydrogen-bond acceptors (Lipinski definition) is 5. The molecule has 2 aliphatic rings. The van der Waals surface area contributed by atoms with Crippen molar-refractivity contribution in [2.75, 3.05) is 19.0 Å². The third kappa shape index (κ3) is 4.53. The molecule has 0 radical (unpaired) electrons. The number of benzene rings is 2. The van der Waals surface area contributed by atoms with Crippen LogP contribution in [0.2, 0.25) is 5.02 Å². The van der Waals surface area contributed by atoms with Crippen molar-refractivity contribution in [3.63, 3.8) is 0 Å². The van der Waals surface area contributed by atoms with Crippen LogP contribution in [0, 0.1) is 17.6 Å². The van der Waals surface area contributed by atoms with Crippen molar-refractivity contribution in [3.05, 3.63) is 64.2 Å². The van der Waals surface area contributed by atoms with Gasteiger partial charge in [-0.3, -0.25) is 4.79 Å². The van der Waals surface area contributed by atoms with Crippen LogP contribution in [-0.2, 0) is 31.2 Å². The number of carbonyl (C=O) groups is 1. The first-order valence-electron chi connectivity index (χ1n) is 11.0. The number of fused-ring (bicyclic) bond motifs is 3. The first kappa shape index (κ1) is 24.9. The van der Waals surface area contributed by atoms with Crippen LogP contribution in [0.3, 0.4) is 0 Å². The molecule has 4 atom stereocenters. The molecule has 0 spiro atoms. The summed E-state index contributed by atoms with van der Waals surface area (Å²) >= 11 is 6.03. The maximum absolute atomic E-state index is 15.3. The quantitative estimate of drug-likeness (QED) is 0.610. The summed E-state index contributed by atoms with van der Waals surface area (Å²) in [7, 11) is -3.80. The number of carbonyl (C=O) groups excluding carboxylic acids is 1. The van der Waals surface area contributed by atoms with E-state index in [-0.39, 0.29) is 36.7 Å². The highest BCUT2D eigenvalue weighted by atomic mass is 35.5. The molecule has 0 aliphatic carbocycles. The molecule has 6 nitrogen and oxygen atoms in total. The smallest absolute Gasteiger partial charge is 0.235 e. The molecule has 1 fully saturated rings. The van der Waals surface area contributed by atoms with Gasteiger partial charge in [0.1, 0.15) is 11.1 Å². The molecule has 1 unspecified atom stereocenters. The molecule has 2 N–H and O–H groups in total. The Kier molecular flexibility index (Phi) is 6.90. The maximum Gasteiger partial charge on any atom is 0.235 e. The Morgan fingerprint density at radius 3 is 2.56 bits per heavy atom. The van der Waals surface area contributed by atoms with Crippen molar-refractivity contribution < 1.29 is 31.5 Å². The summed E-state index contributed by atoms with van der Waals surface area (Å²) in [6.45, 7) is 1.52. The van der Waals surface area contributed by atoms with Crippen LogP contribution in [0.1, 0.15) is 30.9 Å². The number of amides is 1. The van der Waals surface area contributed by atoms with Gasteiger partial charge in [0.05, 0.1) is 18.5 Å². The van der Waals surface area contributed by atoms with Gasteiger partial charge in [-0.1, -0.05) is 23.7 Å². The summed E-state index contributed by atoms with van der Waals surface area (Å²) in [5, 5.41) is -0.772. The first-order valence-corrected chi connectivity index (χ1v) is 13.1. The molecule has 0 aromatic heterocycles. The zero-order valence-electron chi connectivity index (χ0n) is 18.6. The van der Waals surface area contributed by atoms with E-state index in [1.807, 2.05) is 12.1 Å². The molecule has 0 bridgehead atoms. The summed E-state index contributed by atoms with van der Waals surface area (Å²) in [6, 6.07) is 9.28. The molecular weight excluding hydrogens is 488 g/mol. The van der Waals surface area contributed by atoms with E-state index >= 15 is 4.39 Å². The van der Waals surface area contributed by atoms with E-state index in [2.05, 4.69) is 0 Å². The molecule has 4 rings (SSSR count). The summed E-state index contributed by atoms with van der Waals surface area (Å²) in [6.07, 6.45) is 0.239. The van der Waals surface area contributed by atoms with Gasteiger partial charge < -0.3 is 15.2 Å². The number of ether oxygens (including phenoxy) is 2. The summed E-state index contributed by atoms with van der Waals surface area (Å²) in [4.78, 5) is 11.4. The topological polar surface area (TPSA) is 95.7 Å². The van der Waals surface area contributed by atoms with Gasteiger partial charge >= 0.3 is 0 Å².